The third-order valence-electron chi connectivity index (χ3n) is 6.72. The molecule has 0 aliphatic carbocycles. The van der Waals surface area contributed by atoms with E-state index in [1.807, 2.05) is 17.0 Å². The fraction of sp³-hybridized carbons (Fsp3) is 0.462. The van der Waals surface area contributed by atoms with Crippen LogP contribution in [-0.2, 0) is 4.79 Å². The molecule has 2 saturated heterocycles. The van der Waals surface area contributed by atoms with Crippen molar-refractivity contribution in [3.8, 4) is 5.75 Å². The van der Waals surface area contributed by atoms with E-state index in [2.05, 4.69) is 0 Å². The molecule has 182 valence electrons. The van der Waals surface area contributed by atoms with E-state index in [9.17, 15) is 9.59 Å². The number of benzene rings is 2. The van der Waals surface area contributed by atoms with Crippen LogP contribution in [0.1, 0.15) is 48.9 Å². The summed E-state index contributed by atoms with van der Waals surface area (Å²) in [6, 6.07) is 12.2. The van der Waals surface area contributed by atoms with Crippen LogP contribution in [0, 0.1) is 5.41 Å². The number of piperidine rings is 2. The highest BCUT2D eigenvalue weighted by Crippen LogP contribution is 2.37. The summed E-state index contributed by atoms with van der Waals surface area (Å²) in [6.07, 6.45) is 5.13. The van der Waals surface area contributed by atoms with Crippen molar-refractivity contribution in [2.24, 2.45) is 5.41 Å². The first-order valence-corrected chi connectivity index (χ1v) is 12.9. The molecule has 5 nitrogen and oxygen atoms in total. The van der Waals surface area contributed by atoms with E-state index in [0.717, 1.165) is 45.2 Å². The molecule has 4 rings (SSSR count). The highest BCUT2D eigenvalue weighted by Gasteiger charge is 2.41. The Morgan fingerprint density at radius 3 is 2.18 bits per heavy atom. The Kier molecular flexibility index (Phi) is 8.28. The van der Waals surface area contributed by atoms with Crippen LogP contribution in [0.15, 0.2) is 42.5 Å². The van der Waals surface area contributed by atoms with Gasteiger partial charge in [-0.3, -0.25) is 9.59 Å². The number of amides is 2. The predicted molar refractivity (Wildman–Crippen MR) is 136 cm³/mol. The molecule has 8 heteroatoms. The summed E-state index contributed by atoms with van der Waals surface area (Å²) in [5, 5.41) is 1.29. The zero-order valence-electron chi connectivity index (χ0n) is 19.1. The summed E-state index contributed by atoms with van der Waals surface area (Å²) >= 11 is 18.7. The van der Waals surface area contributed by atoms with Crippen molar-refractivity contribution in [2.75, 3.05) is 32.8 Å². The summed E-state index contributed by atoms with van der Waals surface area (Å²) in [5.41, 5.74) is -0.196. The maximum Gasteiger partial charge on any atom is 0.256 e. The zero-order valence-corrected chi connectivity index (χ0v) is 21.3. The van der Waals surface area contributed by atoms with Crippen molar-refractivity contribution in [2.45, 2.75) is 38.5 Å². The van der Waals surface area contributed by atoms with E-state index in [4.69, 9.17) is 39.5 Å². The Bertz CT molecular complexity index is 1000. The minimum atomic E-state index is -0.504. The number of halogens is 3. The summed E-state index contributed by atoms with van der Waals surface area (Å²) in [7, 11) is 0. The third-order valence-corrected chi connectivity index (χ3v) is 7.60. The van der Waals surface area contributed by atoms with Gasteiger partial charge >= 0.3 is 0 Å². The highest BCUT2D eigenvalue weighted by atomic mass is 35.5. The lowest BCUT2D eigenvalue weighted by Crippen LogP contribution is -2.51. The van der Waals surface area contributed by atoms with E-state index in [-0.39, 0.29) is 11.8 Å². The van der Waals surface area contributed by atoms with E-state index < -0.39 is 5.41 Å². The number of ether oxygens (including phenoxy) is 1. The zero-order chi connectivity index (χ0) is 24.1. The third kappa shape index (κ3) is 5.99. The minimum Gasteiger partial charge on any atom is -0.493 e. The van der Waals surface area contributed by atoms with Crippen molar-refractivity contribution < 1.29 is 14.3 Å². The van der Waals surface area contributed by atoms with Gasteiger partial charge < -0.3 is 14.5 Å². The smallest absolute Gasteiger partial charge is 0.256 e. The van der Waals surface area contributed by atoms with Crippen molar-refractivity contribution in [3.05, 3.63) is 63.1 Å². The molecule has 0 spiro atoms. The Balaban J connectivity index is 1.56. The molecule has 0 aromatic heterocycles. The molecule has 0 radical (unpaired) electrons. The van der Waals surface area contributed by atoms with E-state index in [1.165, 1.54) is 0 Å². The van der Waals surface area contributed by atoms with Gasteiger partial charge in [0.15, 0.2) is 0 Å². The average molecular weight is 524 g/mol. The highest BCUT2D eigenvalue weighted by molar-refractivity contribution is 6.39. The van der Waals surface area contributed by atoms with Gasteiger partial charge in [0.1, 0.15) is 5.75 Å². The molecule has 34 heavy (non-hydrogen) atoms. The molecular weight excluding hydrogens is 495 g/mol. The van der Waals surface area contributed by atoms with Crippen LogP contribution < -0.4 is 4.74 Å². The first kappa shape index (κ1) is 25.2. The summed E-state index contributed by atoms with van der Waals surface area (Å²) < 4.78 is 6.15. The Labute approximate surface area is 215 Å². The van der Waals surface area contributed by atoms with Gasteiger partial charge in [-0.05, 0) is 68.5 Å². The summed E-state index contributed by atoms with van der Waals surface area (Å²) in [5.74, 6) is 0.605. The Hall–Kier alpha value is -1.95. The molecule has 2 fully saturated rings. The number of hydrogen-bond acceptors (Lipinski definition) is 3. The molecule has 2 aliphatic heterocycles. The first-order valence-electron chi connectivity index (χ1n) is 11.8. The molecule has 0 saturated carbocycles. The lowest BCUT2D eigenvalue weighted by atomic mass is 9.77. The van der Waals surface area contributed by atoms with Crippen molar-refractivity contribution in [3.63, 3.8) is 0 Å². The topological polar surface area (TPSA) is 49.9 Å². The lowest BCUT2D eigenvalue weighted by molar-refractivity contribution is -0.136. The van der Waals surface area contributed by atoms with E-state index in [0.29, 0.717) is 52.5 Å². The van der Waals surface area contributed by atoms with Gasteiger partial charge in [-0.15, -0.1) is 0 Å². The number of hydrogen-bond donors (Lipinski definition) is 0. The summed E-state index contributed by atoms with van der Waals surface area (Å²) in [4.78, 5) is 30.5. The molecule has 0 N–H and O–H groups in total. The standard InChI is InChI=1S/C26H29Cl3N2O3/c27-19-8-10-20(11-9-19)34-18-26(16-23(32)30-13-2-1-3-14-30)12-5-15-31(17-26)25(33)24-21(28)6-4-7-22(24)29/h4,6-11H,1-3,5,12-18H2/t26-/m1/s1. The van der Waals surface area contributed by atoms with Crippen LogP contribution in [0.2, 0.25) is 15.1 Å². The molecule has 0 bridgehead atoms. The lowest BCUT2D eigenvalue weighted by Gasteiger charge is -2.43. The molecule has 0 unspecified atom stereocenters. The van der Waals surface area contributed by atoms with Crippen LogP contribution in [0.4, 0.5) is 0 Å². The monoisotopic (exact) mass is 522 g/mol. The molecule has 2 aromatic carbocycles. The van der Waals surface area contributed by atoms with Crippen molar-refractivity contribution in [1.29, 1.82) is 0 Å². The fourth-order valence-electron chi connectivity index (χ4n) is 4.90. The van der Waals surface area contributed by atoms with Gasteiger partial charge in [-0.1, -0.05) is 40.9 Å². The molecule has 1 atom stereocenters. The maximum absolute atomic E-state index is 13.4. The fourth-order valence-corrected chi connectivity index (χ4v) is 5.58. The number of nitrogens with zero attached hydrogens (tertiary/aromatic N) is 2. The van der Waals surface area contributed by atoms with Crippen LogP contribution in [0.3, 0.4) is 0 Å². The van der Waals surface area contributed by atoms with Crippen LogP contribution in [-0.4, -0.2) is 54.4 Å². The number of likely N-dealkylation sites (tertiary alicyclic amines) is 2. The quantitative estimate of drug-likeness (QED) is 0.443. The predicted octanol–water partition coefficient (Wildman–Crippen LogP) is 6.35. The molecule has 2 aliphatic rings. The van der Waals surface area contributed by atoms with Crippen LogP contribution >= 0.6 is 34.8 Å². The molecular formula is C26H29Cl3N2O3. The van der Waals surface area contributed by atoms with E-state index in [1.54, 1.807) is 35.2 Å². The van der Waals surface area contributed by atoms with Crippen LogP contribution in [0.5, 0.6) is 5.75 Å². The normalized spacial score (nSPS) is 20.8. The molecule has 2 heterocycles. The minimum absolute atomic E-state index is 0.129. The van der Waals surface area contributed by atoms with E-state index >= 15 is 0 Å². The first-order chi connectivity index (χ1) is 16.4. The van der Waals surface area contributed by atoms with Gasteiger partial charge in [-0.2, -0.15) is 0 Å². The summed E-state index contributed by atoms with van der Waals surface area (Å²) in [6.45, 7) is 2.91. The second kappa shape index (κ2) is 11.2. The average Bonchev–Trinajstić information content (AvgIpc) is 2.84. The van der Waals surface area contributed by atoms with Gasteiger partial charge in [0.2, 0.25) is 5.91 Å². The Morgan fingerprint density at radius 2 is 1.50 bits per heavy atom. The molecule has 2 amide bonds. The van der Waals surface area contributed by atoms with Gasteiger partial charge in [-0.25, -0.2) is 0 Å². The Morgan fingerprint density at radius 1 is 0.853 bits per heavy atom. The number of carbonyl (C=O) groups excluding carboxylic acids is 2. The van der Waals surface area contributed by atoms with Crippen molar-refractivity contribution >= 4 is 46.6 Å². The van der Waals surface area contributed by atoms with Crippen molar-refractivity contribution in [1.82, 2.24) is 9.80 Å². The largest absolute Gasteiger partial charge is 0.493 e. The molecule has 2 aromatic rings. The second-order valence-corrected chi connectivity index (χ2v) is 10.5. The maximum atomic E-state index is 13.4. The number of carbonyl (C=O) groups is 2. The SMILES string of the molecule is O=C(C[C@]1(COc2ccc(Cl)cc2)CCCN(C(=O)c2c(Cl)cccc2Cl)C1)N1CCCCC1. The van der Waals surface area contributed by atoms with Gasteiger partial charge in [0.25, 0.3) is 5.91 Å². The second-order valence-electron chi connectivity index (χ2n) is 9.29. The van der Waals surface area contributed by atoms with Gasteiger partial charge in [0.05, 0.1) is 22.2 Å². The number of rotatable bonds is 6. The van der Waals surface area contributed by atoms with Gasteiger partial charge in [0, 0.05) is 43.0 Å². The van der Waals surface area contributed by atoms with Crippen LogP contribution in [0.25, 0.3) is 0 Å².